The molecule has 1 unspecified atom stereocenters. The predicted molar refractivity (Wildman–Crippen MR) is 74.7 cm³/mol. The lowest BCUT2D eigenvalue weighted by Gasteiger charge is -2.44. The summed E-state index contributed by atoms with van der Waals surface area (Å²) in [4.78, 5) is 28.9. The molecule has 21 heavy (non-hydrogen) atoms. The number of hydrogen-bond donors (Lipinski definition) is 1. The number of rotatable bonds is 2. The van der Waals surface area contributed by atoms with Crippen molar-refractivity contribution < 1.29 is 19.1 Å². The maximum atomic E-state index is 13.3. The summed E-state index contributed by atoms with van der Waals surface area (Å²) in [5.74, 6) is -2.37. The van der Waals surface area contributed by atoms with Crippen LogP contribution in [0.25, 0.3) is 0 Å². The molecule has 114 valence electrons. The van der Waals surface area contributed by atoms with Crippen LogP contribution in [-0.2, 0) is 4.79 Å². The molecule has 0 aromatic carbocycles. The number of carboxylic acids is 1. The molecule has 1 fully saturated rings. The normalized spacial score (nSPS) is 21.1. The van der Waals surface area contributed by atoms with E-state index < -0.39 is 29.2 Å². The number of nitrogens with zero attached hydrogens (tertiary/aromatic N) is 2. The van der Waals surface area contributed by atoms with Gasteiger partial charge in [0.1, 0.15) is 17.0 Å². The Labute approximate surface area is 126 Å². The van der Waals surface area contributed by atoms with E-state index in [-0.39, 0.29) is 10.7 Å². The molecule has 2 heterocycles. The monoisotopic (exact) mass is 314 g/mol. The Balaban J connectivity index is 2.41. The van der Waals surface area contributed by atoms with Crippen LogP contribution in [0.2, 0.25) is 5.15 Å². The number of aliphatic carboxylic acids is 1. The minimum atomic E-state index is -1.08. The molecule has 1 aliphatic rings. The second kappa shape index (κ2) is 5.60. The summed E-state index contributed by atoms with van der Waals surface area (Å²) in [7, 11) is 0. The Hall–Kier alpha value is -1.69. The first-order chi connectivity index (χ1) is 9.74. The highest BCUT2D eigenvalue weighted by atomic mass is 35.5. The first-order valence-electron chi connectivity index (χ1n) is 6.59. The van der Waals surface area contributed by atoms with E-state index in [1.807, 2.05) is 0 Å². The Morgan fingerprint density at radius 3 is 2.81 bits per heavy atom. The van der Waals surface area contributed by atoms with Gasteiger partial charge in [-0.25, -0.2) is 14.2 Å². The number of hydrogen-bond acceptors (Lipinski definition) is 3. The SMILES string of the molecule is CC1(C)CCCN(C(=O)c2cc(F)cnc2Cl)C1C(=O)O. The van der Waals surface area contributed by atoms with E-state index in [9.17, 15) is 19.1 Å². The Kier molecular flexibility index (Phi) is 4.18. The van der Waals surface area contributed by atoms with E-state index in [1.165, 1.54) is 4.90 Å². The molecule has 0 bridgehead atoms. The fraction of sp³-hybridized carbons (Fsp3) is 0.500. The van der Waals surface area contributed by atoms with Gasteiger partial charge in [0.15, 0.2) is 0 Å². The first-order valence-corrected chi connectivity index (χ1v) is 6.96. The predicted octanol–water partition coefficient (Wildman–Crippen LogP) is 2.59. The molecule has 0 saturated carbocycles. The third kappa shape index (κ3) is 3.00. The highest BCUT2D eigenvalue weighted by molar-refractivity contribution is 6.32. The summed E-state index contributed by atoms with van der Waals surface area (Å²) >= 11 is 5.84. The highest BCUT2D eigenvalue weighted by Crippen LogP contribution is 2.36. The fourth-order valence-electron chi connectivity index (χ4n) is 2.81. The van der Waals surface area contributed by atoms with Gasteiger partial charge in [-0.1, -0.05) is 25.4 Å². The van der Waals surface area contributed by atoms with E-state index in [2.05, 4.69) is 4.98 Å². The Bertz CT molecular complexity index is 592. The van der Waals surface area contributed by atoms with Crippen LogP contribution >= 0.6 is 11.6 Å². The van der Waals surface area contributed by atoms with Gasteiger partial charge in [0.25, 0.3) is 5.91 Å². The first kappa shape index (κ1) is 15.7. The van der Waals surface area contributed by atoms with Crippen LogP contribution in [0.1, 0.15) is 37.0 Å². The van der Waals surface area contributed by atoms with Crippen LogP contribution in [0, 0.1) is 11.2 Å². The number of pyridine rings is 1. The van der Waals surface area contributed by atoms with Crippen molar-refractivity contribution in [1.29, 1.82) is 0 Å². The van der Waals surface area contributed by atoms with Gasteiger partial charge in [-0.05, 0) is 24.3 Å². The van der Waals surface area contributed by atoms with Crippen LogP contribution < -0.4 is 0 Å². The zero-order chi connectivity index (χ0) is 15.8. The molecule has 1 atom stereocenters. The maximum absolute atomic E-state index is 13.3. The van der Waals surface area contributed by atoms with Crippen molar-refractivity contribution in [1.82, 2.24) is 9.88 Å². The second-order valence-electron chi connectivity index (χ2n) is 5.82. The largest absolute Gasteiger partial charge is 0.480 e. The van der Waals surface area contributed by atoms with Gasteiger partial charge in [-0.2, -0.15) is 0 Å². The quantitative estimate of drug-likeness (QED) is 0.852. The number of halogens is 2. The Morgan fingerprint density at radius 2 is 2.19 bits per heavy atom. The lowest BCUT2D eigenvalue weighted by atomic mass is 9.76. The van der Waals surface area contributed by atoms with Gasteiger partial charge < -0.3 is 10.0 Å². The number of carbonyl (C=O) groups is 2. The molecular weight excluding hydrogens is 299 g/mol. The number of likely N-dealkylation sites (tertiary alicyclic amines) is 1. The molecule has 1 amide bonds. The standard InChI is InChI=1S/C14H16ClFN2O3/c1-14(2)4-3-5-18(10(14)13(20)21)12(19)9-6-8(16)7-17-11(9)15/h6-7,10H,3-5H2,1-2H3,(H,20,21). The second-order valence-corrected chi connectivity index (χ2v) is 6.18. The number of carboxylic acid groups (broad SMARTS) is 1. The molecule has 5 nitrogen and oxygen atoms in total. The van der Waals surface area contributed by atoms with Gasteiger partial charge >= 0.3 is 5.97 Å². The zero-order valence-corrected chi connectivity index (χ0v) is 12.5. The summed E-state index contributed by atoms with van der Waals surface area (Å²) in [6.45, 7) is 3.90. The molecule has 1 N–H and O–H groups in total. The summed E-state index contributed by atoms with van der Waals surface area (Å²) < 4.78 is 13.3. The van der Waals surface area contributed by atoms with E-state index in [1.54, 1.807) is 13.8 Å². The lowest BCUT2D eigenvalue weighted by molar-refractivity contribution is -0.148. The minimum absolute atomic E-state index is 0.111. The van der Waals surface area contributed by atoms with Crippen LogP contribution in [0.3, 0.4) is 0 Å². The van der Waals surface area contributed by atoms with Crippen molar-refractivity contribution >= 4 is 23.5 Å². The van der Waals surface area contributed by atoms with Crippen LogP contribution in [0.4, 0.5) is 4.39 Å². The van der Waals surface area contributed by atoms with E-state index >= 15 is 0 Å². The maximum Gasteiger partial charge on any atom is 0.326 e. The number of carbonyl (C=O) groups excluding carboxylic acids is 1. The zero-order valence-electron chi connectivity index (χ0n) is 11.8. The van der Waals surface area contributed by atoms with Gasteiger partial charge in [-0.3, -0.25) is 4.79 Å². The summed E-state index contributed by atoms with van der Waals surface area (Å²) in [5, 5.41) is 9.32. The van der Waals surface area contributed by atoms with Gasteiger partial charge in [0, 0.05) is 6.54 Å². The van der Waals surface area contributed by atoms with Crippen LogP contribution in [-0.4, -0.2) is 39.5 Å². The average molecular weight is 315 g/mol. The van der Waals surface area contributed by atoms with Gasteiger partial charge in [0.2, 0.25) is 0 Å². The molecule has 0 radical (unpaired) electrons. The number of piperidine rings is 1. The summed E-state index contributed by atoms with van der Waals surface area (Å²) in [6.07, 6.45) is 2.29. The van der Waals surface area contributed by atoms with Crippen molar-refractivity contribution in [3.05, 3.63) is 28.8 Å². The van der Waals surface area contributed by atoms with E-state index in [4.69, 9.17) is 11.6 Å². The van der Waals surface area contributed by atoms with Crippen molar-refractivity contribution in [3.8, 4) is 0 Å². The van der Waals surface area contributed by atoms with Crippen LogP contribution in [0.15, 0.2) is 12.3 Å². The van der Waals surface area contributed by atoms with Crippen molar-refractivity contribution in [2.45, 2.75) is 32.7 Å². The molecule has 1 aromatic heterocycles. The molecule has 7 heteroatoms. The lowest BCUT2D eigenvalue weighted by Crippen LogP contribution is -2.56. The number of amides is 1. The van der Waals surface area contributed by atoms with Crippen LogP contribution in [0.5, 0.6) is 0 Å². The third-order valence-corrected chi connectivity index (χ3v) is 4.10. The van der Waals surface area contributed by atoms with Gasteiger partial charge in [-0.15, -0.1) is 0 Å². The fourth-order valence-corrected chi connectivity index (χ4v) is 2.99. The highest BCUT2D eigenvalue weighted by Gasteiger charge is 2.45. The molecule has 1 aromatic rings. The number of aromatic nitrogens is 1. The van der Waals surface area contributed by atoms with E-state index in [0.29, 0.717) is 19.4 Å². The average Bonchev–Trinajstić information content (AvgIpc) is 2.38. The molecular formula is C14H16ClFN2O3. The summed E-state index contributed by atoms with van der Waals surface area (Å²) in [6, 6.07) is 0.0103. The van der Waals surface area contributed by atoms with Crippen molar-refractivity contribution in [3.63, 3.8) is 0 Å². The smallest absolute Gasteiger partial charge is 0.326 e. The minimum Gasteiger partial charge on any atom is -0.480 e. The van der Waals surface area contributed by atoms with Gasteiger partial charge in [0.05, 0.1) is 11.8 Å². The Morgan fingerprint density at radius 1 is 1.52 bits per heavy atom. The van der Waals surface area contributed by atoms with Crippen molar-refractivity contribution in [2.75, 3.05) is 6.54 Å². The third-order valence-electron chi connectivity index (χ3n) is 3.80. The molecule has 0 spiro atoms. The topological polar surface area (TPSA) is 70.5 Å². The molecule has 0 aliphatic carbocycles. The van der Waals surface area contributed by atoms with E-state index in [0.717, 1.165) is 12.3 Å². The molecule has 1 aliphatic heterocycles. The van der Waals surface area contributed by atoms with Crippen molar-refractivity contribution in [2.24, 2.45) is 5.41 Å². The molecule has 1 saturated heterocycles. The molecule has 2 rings (SSSR count). The summed E-state index contributed by atoms with van der Waals surface area (Å²) in [5.41, 5.74) is -0.673.